The minimum absolute atomic E-state index is 0.427. The number of carbonyl (C=O) groups excluding carboxylic acids is 1. The highest BCUT2D eigenvalue weighted by molar-refractivity contribution is 5.97. The van der Waals surface area contributed by atoms with Gasteiger partial charge in [-0.3, -0.25) is 4.79 Å². The van der Waals surface area contributed by atoms with Crippen molar-refractivity contribution in [2.24, 2.45) is 5.73 Å². The number of hydrogen-bond acceptors (Lipinski definition) is 6. The largest absolute Gasteiger partial charge is 0.365 e. The summed E-state index contributed by atoms with van der Waals surface area (Å²) < 4.78 is 0. The fourth-order valence-electron chi connectivity index (χ4n) is 2.71. The van der Waals surface area contributed by atoms with Crippen LogP contribution in [0.4, 0.5) is 11.6 Å². The van der Waals surface area contributed by atoms with Crippen LogP contribution >= 0.6 is 0 Å². The van der Waals surface area contributed by atoms with Crippen molar-refractivity contribution < 1.29 is 4.79 Å². The summed E-state index contributed by atoms with van der Waals surface area (Å²) in [5.74, 6) is 0.832. The van der Waals surface area contributed by atoms with Gasteiger partial charge in [-0.25, -0.2) is 9.97 Å². The molecule has 2 aromatic rings. The van der Waals surface area contributed by atoms with Crippen LogP contribution in [0.1, 0.15) is 15.9 Å². The predicted octanol–water partition coefficient (Wildman–Crippen LogP) is 0.774. The van der Waals surface area contributed by atoms with Crippen molar-refractivity contribution in [3.63, 3.8) is 0 Å². The van der Waals surface area contributed by atoms with Gasteiger partial charge in [0.05, 0.1) is 11.1 Å². The van der Waals surface area contributed by atoms with Crippen molar-refractivity contribution in [2.75, 3.05) is 36.0 Å². The van der Waals surface area contributed by atoms with E-state index in [1.165, 1.54) is 0 Å². The van der Waals surface area contributed by atoms with Crippen molar-refractivity contribution in [3.05, 3.63) is 47.8 Å². The first-order valence-electron chi connectivity index (χ1n) is 7.30. The molecule has 116 valence electrons. The van der Waals surface area contributed by atoms with Gasteiger partial charge in [-0.2, -0.15) is 5.26 Å². The Morgan fingerprint density at radius 2 is 1.61 bits per heavy atom. The van der Waals surface area contributed by atoms with Gasteiger partial charge in [-0.1, -0.05) is 0 Å². The van der Waals surface area contributed by atoms with Crippen LogP contribution in [-0.2, 0) is 0 Å². The summed E-state index contributed by atoms with van der Waals surface area (Å²) in [7, 11) is 0. The van der Waals surface area contributed by atoms with Crippen molar-refractivity contribution >= 4 is 17.5 Å². The topological polar surface area (TPSA) is 99.1 Å². The lowest BCUT2D eigenvalue weighted by Gasteiger charge is -2.36. The monoisotopic (exact) mass is 308 g/mol. The Balaban J connectivity index is 1.77. The third-order valence-corrected chi connectivity index (χ3v) is 3.84. The second kappa shape index (κ2) is 6.32. The lowest BCUT2D eigenvalue weighted by atomic mass is 10.2. The van der Waals surface area contributed by atoms with Gasteiger partial charge in [0.15, 0.2) is 0 Å². The van der Waals surface area contributed by atoms with Crippen LogP contribution in [0.15, 0.2) is 36.7 Å². The van der Waals surface area contributed by atoms with E-state index in [9.17, 15) is 10.1 Å². The molecular formula is C16H16N6O. The third-order valence-electron chi connectivity index (χ3n) is 3.84. The van der Waals surface area contributed by atoms with Crippen molar-refractivity contribution in [1.29, 1.82) is 5.26 Å². The molecule has 0 spiro atoms. The summed E-state index contributed by atoms with van der Waals surface area (Å²) in [5.41, 5.74) is 6.41. The van der Waals surface area contributed by atoms with E-state index in [0.29, 0.717) is 48.9 Å². The van der Waals surface area contributed by atoms with Crippen LogP contribution in [0.5, 0.6) is 0 Å². The molecule has 0 aliphatic carbocycles. The molecule has 0 saturated carbocycles. The molecule has 3 heterocycles. The number of carbonyl (C=O) groups is 1. The average molecular weight is 308 g/mol. The molecule has 0 aromatic carbocycles. The molecule has 1 aliphatic rings. The normalized spacial score (nSPS) is 14.4. The smallest absolute Gasteiger partial charge is 0.252 e. The molecule has 1 fully saturated rings. The number of nitrogens with two attached hydrogens (primary N) is 1. The lowest BCUT2D eigenvalue weighted by Crippen LogP contribution is -2.47. The van der Waals surface area contributed by atoms with E-state index in [0.717, 1.165) is 0 Å². The van der Waals surface area contributed by atoms with Gasteiger partial charge in [-0.15, -0.1) is 0 Å². The van der Waals surface area contributed by atoms with E-state index >= 15 is 0 Å². The molecule has 0 atom stereocenters. The highest BCUT2D eigenvalue weighted by Crippen LogP contribution is 2.22. The zero-order valence-electron chi connectivity index (χ0n) is 12.5. The van der Waals surface area contributed by atoms with Crippen LogP contribution in [-0.4, -0.2) is 42.1 Å². The Morgan fingerprint density at radius 1 is 1.04 bits per heavy atom. The summed E-state index contributed by atoms with van der Waals surface area (Å²) in [6.45, 7) is 2.75. The van der Waals surface area contributed by atoms with Gasteiger partial charge < -0.3 is 15.5 Å². The van der Waals surface area contributed by atoms with Crippen molar-refractivity contribution in [1.82, 2.24) is 9.97 Å². The lowest BCUT2D eigenvalue weighted by molar-refractivity contribution is 0.100. The highest BCUT2D eigenvalue weighted by Gasteiger charge is 2.23. The van der Waals surface area contributed by atoms with Crippen molar-refractivity contribution in [2.45, 2.75) is 0 Å². The van der Waals surface area contributed by atoms with E-state index in [-0.39, 0.29) is 0 Å². The van der Waals surface area contributed by atoms with Gasteiger partial charge in [0.2, 0.25) is 0 Å². The molecule has 3 rings (SSSR count). The molecule has 7 heteroatoms. The maximum atomic E-state index is 11.5. The Bertz CT molecular complexity index is 761. The van der Waals surface area contributed by atoms with Crippen LogP contribution in [0.2, 0.25) is 0 Å². The van der Waals surface area contributed by atoms with Crippen LogP contribution in [0.3, 0.4) is 0 Å². The Labute approximate surface area is 134 Å². The molecule has 0 unspecified atom stereocenters. The second-order valence-corrected chi connectivity index (χ2v) is 5.20. The van der Waals surface area contributed by atoms with E-state index in [1.54, 1.807) is 36.7 Å². The van der Waals surface area contributed by atoms with E-state index in [4.69, 9.17) is 5.73 Å². The third kappa shape index (κ3) is 2.92. The van der Waals surface area contributed by atoms with Crippen molar-refractivity contribution in [3.8, 4) is 6.07 Å². The first-order chi connectivity index (χ1) is 11.2. The Kier molecular flexibility index (Phi) is 4.06. The number of primary amides is 1. The molecule has 2 aromatic heterocycles. The molecule has 2 N–H and O–H groups in total. The number of rotatable bonds is 3. The van der Waals surface area contributed by atoms with Gasteiger partial charge >= 0.3 is 0 Å². The first-order valence-corrected chi connectivity index (χ1v) is 7.30. The maximum Gasteiger partial charge on any atom is 0.252 e. The van der Waals surface area contributed by atoms with Crippen LogP contribution < -0.4 is 15.5 Å². The van der Waals surface area contributed by atoms with Gasteiger partial charge in [0, 0.05) is 38.6 Å². The van der Waals surface area contributed by atoms with Gasteiger partial charge in [0.1, 0.15) is 17.7 Å². The molecule has 7 nitrogen and oxygen atoms in total. The molecule has 0 bridgehead atoms. The molecule has 1 amide bonds. The Morgan fingerprint density at radius 3 is 2.22 bits per heavy atom. The summed E-state index contributed by atoms with van der Waals surface area (Å²) in [6.07, 6.45) is 3.34. The average Bonchev–Trinajstić information content (AvgIpc) is 2.62. The highest BCUT2D eigenvalue weighted by atomic mass is 16.1. The zero-order chi connectivity index (χ0) is 16.2. The first kappa shape index (κ1) is 14.8. The predicted molar refractivity (Wildman–Crippen MR) is 86.1 cm³/mol. The fraction of sp³-hybridized carbons (Fsp3) is 0.250. The summed E-state index contributed by atoms with van der Waals surface area (Å²) >= 11 is 0. The Hall–Kier alpha value is -3.14. The fourth-order valence-corrected chi connectivity index (χ4v) is 2.71. The van der Waals surface area contributed by atoms with E-state index in [1.807, 2.05) is 4.90 Å². The van der Waals surface area contributed by atoms with Gasteiger partial charge in [0.25, 0.3) is 5.91 Å². The summed E-state index contributed by atoms with van der Waals surface area (Å²) in [5, 5.41) is 9.19. The SMILES string of the molecule is N#Cc1cccnc1N1CCN(c2ncccc2C(N)=O)CC1. The summed E-state index contributed by atoms with van der Waals surface area (Å²) in [4.78, 5) is 24.2. The quantitative estimate of drug-likeness (QED) is 0.899. The standard InChI is InChI=1S/C16H16N6O/c17-11-12-3-1-5-19-15(12)21-7-9-22(10-8-21)16-13(14(18)23)4-2-6-20-16/h1-6H,7-10H2,(H2,18,23). The number of hydrogen-bond donors (Lipinski definition) is 1. The zero-order valence-corrected chi connectivity index (χ0v) is 12.5. The maximum absolute atomic E-state index is 11.5. The molecule has 1 aliphatic heterocycles. The minimum Gasteiger partial charge on any atom is -0.365 e. The number of piperazine rings is 1. The number of aromatic nitrogens is 2. The molecule has 0 radical (unpaired) electrons. The van der Waals surface area contributed by atoms with E-state index in [2.05, 4.69) is 20.9 Å². The number of amides is 1. The number of nitrogens with zero attached hydrogens (tertiary/aromatic N) is 5. The minimum atomic E-state index is -0.480. The van der Waals surface area contributed by atoms with Crippen LogP contribution in [0.25, 0.3) is 0 Å². The molecular weight excluding hydrogens is 292 g/mol. The number of nitriles is 1. The molecule has 23 heavy (non-hydrogen) atoms. The molecule has 1 saturated heterocycles. The summed E-state index contributed by atoms with van der Waals surface area (Å²) in [6, 6.07) is 9.07. The van der Waals surface area contributed by atoms with E-state index < -0.39 is 5.91 Å². The van der Waals surface area contributed by atoms with Gasteiger partial charge in [-0.05, 0) is 24.3 Å². The number of anilines is 2. The second-order valence-electron chi connectivity index (χ2n) is 5.20. The number of pyridine rings is 2. The van der Waals surface area contributed by atoms with Crippen LogP contribution in [0, 0.1) is 11.3 Å².